The molecule has 1 aliphatic heterocycles. The van der Waals surface area contributed by atoms with Crippen LogP contribution < -0.4 is 24.6 Å². The van der Waals surface area contributed by atoms with Gasteiger partial charge < -0.3 is 28.3 Å². The first-order valence-corrected chi connectivity index (χ1v) is 12.4. The van der Waals surface area contributed by atoms with Crippen molar-refractivity contribution in [1.82, 2.24) is 4.90 Å². The number of para-hydroxylation sites is 1. The number of ether oxygens (including phenoxy) is 4. The van der Waals surface area contributed by atoms with E-state index in [1.54, 1.807) is 25.2 Å². The first kappa shape index (κ1) is 25.2. The molecule has 0 radical (unpaired) electrons. The lowest BCUT2D eigenvalue weighted by atomic mass is 9.92. The molecule has 1 atom stereocenters. The van der Waals surface area contributed by atoms with Crippen LogP contribution in [-0.2, 0) is 11.2 Å². The summed E-state index contributed by atoms with van der Waals surface area (Å²) in [6.07, 6.45) is 0.656. The summed E-state index contributed by atoms with van der Waals surface area (Å²) in [5.41, 5.74) is 2.85. The number of methoxy groups -OCH3 is 2. The first-order valence-electron chi connectivity index (χ1n) is 12.4. The van der Waals surface area contributed by atoms with E-state index in [4.69, 9.17) is 23.4 Å². The average Bonchev–Trinajstić information content (AvgIpc) is 2.93. The molecule has 4 aromatic rings. The number of fused-ring (bicyclic) bond motifs is 2. The summed E-state index contributed by atoms with van der Waals surface area (Å²) in [7, 11) is 3.18. The number of rotatable bonds is 8. The van der Waals surface area contributed by atoms with Crippen LogP contribution in [0.2, 0.25) is 0 Å². The summed E-state index contributed by atoms with van der Waals surface area (Å²) < 4.78 is 28.4. The maximum atomic E-state index is 13.4. The molecule has 1 aliphatic rings. The average molecular weight is 516 g/mol. The van der Waals surface area contributed by atoms with Crippen LogP contribution in [-0.4, -0.2) is 44.8 Å². The number of carbonyl (C=O) groups excluding carboxylic acids is 1. The van der Waals surface area contributed by atoms with E-state index < -0.39 is 11.7 Å². The third-order valence-corrected chi connectivity index (χ3v) is 6.76. The van der Waals surface area contributed by atoms with Crippen molar-refractivity contribution in [1.29, 1.82) is 0 Å². The summed E-state index contributed by atoms with van der Waals surface area (Å²) in [6, 6.07) is 19.6. The molecular weight excluding hydrogens is 486 g/mol. The Morgan fingerprint density at radius 2 is 1.71 bits per heavy atom. The Balaban J connectivity index is 1.43. The van der Waals surface area contributed by atoms with Gasteiger partial charge in [-0.25, -0.2) is 4.79 Å². The van der Waals surface area contributed by atoms with Gasteiger partial charge in [0, 0.05) is 24.1 Å². The molecule has 0 fully saturated rings. The Kier molecular flexibility index (Phi) is 7.22. The van der Waals surface area contributed by atoms with Gasteiger partial charge in [0.15, 0.2) is 18.1 Å². The quantitative estimate of drug-likeness (QED) is 0.314. The van der Waals surface area contributed by atoms with E-state index in [1.807, 2.05) is 61.5 Å². The number of amides is 1. The van der Waals surface area contributed by atoms with Crippen LogP contribution in [0.25, 0.3) is 11.0 Å². The number of hydrogen-bond acceptors (Lipinski definition) is 7. The predicted octanol–water partition coefficient (Wildman–Crippen LogP) is 4.70. The van der Waals surface area contributed by atoms with Crippen molar-refractivity contribution >= 4 is 16.9 Å². The highest BCUT2D eigenvalue weighted by Crippen LogP contribution is 2.38. The van der Waals surface area contributed by atoms with Gasteiger partial charge in [0.1, 0.15) is 23.7 Å². The monoisotopic (exact) mass is 515 g/mol. The van der Waals surface area contributed by atoms with E-state index in [0.717, 1.165) is 22.1 Å². The minimum Gasteiger partial charge on any atom is -0.493 e. The third kappa shape index (κ3) is 5.16. The van der Waals surface area contributed by atoms with Gasteiger partial charge in [-0.1, -0.05) is 18.2 Å². The molecule has 1 unspecified atom stereocenters. The lowest BCUT2D eigenvalue weighted by Gasteiger charge is -2.37. The molecule has 0 aliphatic carbocycles. The van der Waals surface area contributed by atoms with Crippen LogP contribution in [0.1, 0.15) is 22.7 Å². The second kappa shape index (κ2) is 10.9. The van der Waals surface area contributed by atoms with E-state index in [0.29, 0.717) is 41.5 Å². The summed E-state index contributed by atoms with van der Waals surface area (Å²) in [6.45, 7) is 2.45. The first-order chi connectivity index (χ1) is 18.5. The Hall–Kier alpha value is -4.46. The minimum atomic E-state index is -0.412. The standard InChI is InChI=1S/C30H29NO7/c1-19-13-30(33)38-26-15-22(9-10-23(19)26)36-17-25-24-16-28(35-3)27(34-2)14-20(24)11-12-31(25)29(32)18-37-21-7-5-4-6-8-21/h4-10,13-16,25H,11-12,17-18H2,1-3H3. The smallest absolute Gasteiger partial charge is 0.336 e. The summed E-state index contributed by atoms with van der Waals surface area (Å²) in [5.74, 6) is 2.23. The Labute approximate surface area is 220 Å². The van der Waals surface area contributed by atoms with Crippen molar-refractivity contribution in [3.63, 3.8) is 0 Å². The van der Waals surface area contributed by atoms with E-state index in [2.05, 4.69) is 0 Å². The lowest BCUT2D eigenvalue weighted by Crippen LogP contribution is -2.44. The van der Waals surface area contributed by atoms with Crippen molar-refractivity contribution in [2.24, 2.45) is 0 Å². The maximum absolute atomic E-state index is 13.4. The largest absolute Gasteiger partial charge is 0.493 e. The van der Waals surface area contributed by atoms with Gasteiger partial charge in [-0.2, -0.15) is 0 Å². The van der Waals surface area contributed by atoms with Gasteiger partial charge in [0.05, 0.1) is 20.3 Å². The molecule has 5 rings (SSSR count). The molecular formula is C30H29NO7. The molecule has 1 amide bonds. The van der Waals surface area contributed by atoms with Crippen molar-refractivity contribution in [2.75, 3.05) is 34.0 Å². The van der Waals surface area contributed by atoms with Crippen molar-refractivity contribution in [3.05, 3.63) is 93.8 Å². The molecule has 0 saturated carbocycles. The fourth-order valence-electron chi connectivity index (χ4n) is 4.82. The lowest BCUT2D eigenvalue weighted by molar-refractivity contribution is -0.137. The SMILES string of the molecule is COc1cc2c(cc1OC)C(COc1ccc3c(C)cc(=O)oc3c1)N(C(=O)COc1ccccc1)CC2. The normalized spacial score (nSPS) is 14.6. The summed E-state index contributed by atoms with van der Waals surface area (Å²) in [5, 5.41) is 0.839. The minimum absolute atomic E-state index is 0.0937. The van der Waals surface area contributed by atoms with Crippen molar-refractivity contribution in [2.45, 2.75) is 19.4 Å². The molecule has 38 heavy (non-hydrogen) atoms. The molecule has 3 aromatic carbocycles. The van der Waals surface area contributed by atoms with Crippen molar-refractivity contribution < 1.29 is 28.2 Å². The molecule has 196 valence electrons. The number of hydrogen-bond donors (Lipinski definition) is 0. The van der Waals surface area contributed by atoms with Gasteiger partial charge in [0.2, 0.25) is 0 Å². The van der Waals surface area contributed by atoms with Crippen LogP contribution in [0, 0.1) is 6.92 Å². The second-order valence-electron chi connectivity index (χ2n) is 9.08. The Bertz CT molecular complexity index is 1510. The molecule has 1 aromatic heterocycles. The molecule has 0 N–H and O–H groups in total. The number of carbonyl (C=O) groups is 1. The molecule has 8 heteroatoms. The molecule has 2 heterocycles. The highest BCUT2D eigenvalue weighted by molar-refractivity contribution is 5.81. The zero-order valence-corrected chi connectivity index (χ0v) is 21.6. The molecule has 8 nitrogen and oxygen atoms in total. The molecule has 0 spiro atoms. The van der Waals surface area contributed by atoms with E-state index >= 15 is 0 Å². The van der Waals surface area contributed by atoms with Gasteiger partial charge in [0.25, 0.3) is 5.91 Å². The fourth-order valence-corrected chi connectivity index (χ4v) is 4.82. The zero-order valence-electron chi connectivity index (χ0n) is 21.6. The number of aryl methyl sites for hydroxylation is 1. The van der Waals surface area contributed by atoms with Crippen LogP contribution in [0.5, 0.6) is 23.0 Å². The van der Waals surface area contributed by atoms with Crippen LogP contribution >= 0.6 is 0 Å². The summed E-state index contributed by atoms with van der Waals surface area (Å²) >= 11 is 0. The Morgan fingerprint density at radius 3 is 2.47 bits per heavy atom. The molecule has 0 bridgehead atoms. The van der Waals surface area contributed by atoms with Gasteiger partial charge in [-0.15, -0.1) is 0 Å². The van der Waals surface area contributed by atoms with Gasteiger partial charge in [-0.05, 0) is 66.4 Å². The predicted molar refractivity (Wildman–Crippen MR) is 142 cm³/mol. The topological polar surface area (TPSA) is 87.4 Å². The summed E-state index contributed by atoms with van der Waals surface area (Å²) in [4.78, 5) is 27.0. The fraction of sp³-hybridized carbons (Fsp3) is 0.267. The highest BCUT2D eigenvalue weighted by atomic mass is 16.5. The van der Waals surface area contributed by atoms with E-state index in [-0.39, 0.29) is 19.1 Å². The van der Waals surface area contributed by atoms with Crippen LogP contribution in [0.4, 0.5) is 0 Å². The maximum Gasteiger partial charge on any atom is 0.336 e. The van der Waals surface area contributed by atoms with Gasteiger partial charge in [-0.3, -0.25) is 4.79 Å². The van der Waals surface area contributed by atoms with Crippen LogP contribution in [0.15, 0.2) is 75.9 Å². The van der Waals surface area contributed by atoms with E-state index in [1.165, 1.54) is 6.07 Å². The van der Waals surface area contributed by atoms with Gasteiger partial charge >= 0.3 is 5.63 Å². The molecule has 0 saturated heterocycles. The highest BCUT2D eigenvalue weighted by Gasteiger charge is 2.33. The van der Waals surface area contributed by atoms with Crippen LogP contribution in [0.3, 0.4) is 0 Å². The van der Waals surface area contributed by atoms with Crippen molar-refractivity contribution in [3.8, 4) is 23.0 Å². The van der Waals surface area contributed by atoms with E-state index in [9.17, 15) is 9.59 Å². The Morgan fingerprint density at radius 1 is 0.947 bits per heavy atom. The second-order valence-corrected chi connectivity index (χ2v) is 9.08. The number of benzene rings is 3. The zero-order chi connectivity index (χ0) is 26.6. The third-order valence-electron chi connectivity index (χ3n) is 6.76. The number of nitrogens with zero attached hydrogens (tertiary/aromatic N) is 1.